The Labute approximate surface area is 125 Å². The zero-order chi connectivity index (χ0) is 15.2. The quantitative estimate of drug-likeness (QED) is 0.593. The molecule has 0 heterocycles. The Morgan fingerprint density at radius 3 is 2.14 bits per heavy atom. The number of ether oxygens (including phenoxy) is 1. The number of hydrogen-bond donors (Lipinski definition) is 0. The molecule has 5 heteroatoms. The lowest BCUT2D eigenvalue weighted by Crippen LogP contribution is -2.01. The summed E-state index contributed by atoms with van der Waals surface area (Å²) in [6.07, 6.45) is 0. The van der Waals surface area contributed by atoms with E-state index in [4.69, 9.17) is 11.6 Å². The van der Waals surface area contributed by atoms with Crippen molar-refractivity contribution in [1.82, 2.24) is 0 Å². The second-order valence-electron chi connectivity index (χ2n) is 4.07. The zero-order valence-electron chi connectivity index (χ0n) is 10.8. The van der Waals surface area contributed by atoms with Gasteiger partial charge in [-0.3, -0.25) is 0 Å². The summed E-state index contributed by atoms with van der Waals surface area (Å²) in [6.45, 7) is -2.87. The monoisotopic (exact) mass is 305 g/mol. The smallest absolute Gasteiger partial charge is 0.387 e. The highest BCUT2D eigenvalue weighted by Crippen LogP contribution is 2.30. The van der Waals surface area contributed by atoms with Crippen LogP contribution in [0.1, 0.15) is 11.1 Å². The van der Waals surface area contributed by atoms with E-state index in [1.165, 1.54) is 24.3 Å². The van der Waals surface area contributed by atoms with Gasteiger partial charge in [0, 0.05) is 0 Å². The highest BCUT2D eigenvalue weighted by molar-refractivity contribution is 6.53. The van der Waals surface area contributed by atoms with Crippen molar-refractivity contribution in [3.63, 3.8) is 0 Å². The van der Waals surface area contributed by atoms with Crippen LogP contribution in [0.25, 0.3) is 10.6 Å². The maximum absolute atomic E-state index is 12.1. The fraction of sp³-hybridized carbons (Fsp3) is 0.0625. The molecule has 0 aliphatic carbocycles. The first-order valence-corrected chi connectivity index (χ1v) is 6.40. The molecule has 0 aliphatic rings. The predicted octanol–water partition coefficient (Wildman–Crippen LogP) is 4.92. The molecule has 0 amide bonds. The molecule has 0 bridgehead atoms. The van der Waals surface area contributed by atoms with E-state index in [9.17, 15) is 14.0 Å². The maximum atomic E-state index is 12.1. The average Bonchev–Trinajstić information content (AvgIpc) is 2.49. The minimum absolute atomic E-state index is 0.0384. The standard InChI is InChI=1S/C16H10ClF2NO/c17-15(14(10-20)11-4-2-1-3-5-11)12-6-8-13(9-7-12)21-16(18)19/h1-9,16H. The number of rotatable bonds is 4. The number of alkyl halides is 2. The van der Waals surface area contributed by atoms with Crippen molar-refractivity contribution in [3.05, 3.63) is 65.7 Å². The van der Waals surface area contributed by atoms with E-state index in [1.807, 2.05) is 6.07 Å². The molecule has 0 unspecified atom stereocenters. The van der Waals surface area contributed by atoms with Crippen LogP contribution in [0.15, 0.2) is 54.6 Å². The molecule has 0 aromatic heterocycles. The fourth-order valence-corrected chi connectivity index (χ4v) is 2.05. The van der Waals surface area contributed by atoms with Gasteiger partial charge < -0.3 is 4.74 Å². The van der Waals surface area contributed by atoms with Crippen LogP contribution in [0.2, 0.25) is 0 Å². The molecule has 0 N–H and O–H groups in total. The topological polar surface area (TPSA) is 33.0 Å². The van der Waals surface area contributed by atoms with Crippen LogP contribution in [0.5, 0.6) is 5.75 Å². The lowest BCUT2D eigenvalue weighted by atomic mass is 10.0. The van der Waals surface area contributed by atoms with E-state index >= 15 is 0 Å². The first-order valence-electron chi connectivity index (χ1n) is 6.02. The highest BCUT2D eigenvalue weighted by atomic mass is 35.5. The molecule has 2 aromatic rings. The first-order chi connectivity index (χ1) is 10.1. The molecule has 2 nitrogen and oxygen atoms in total. The number of nitrogens with zero attached hydrogens (tertiary/aromatic N) is 1. The third-order valence-corrected chi connectivity index (χ3v) is 3.13. The Bertz CT molecular complexity index is 676. The molecule has 0 fully saturated rings. The second-order valence-corrected chi connectivity index (χ2v) is 4.45. The normalized spacial score (nSPS) is 11.8. The van der Waals surface area contributed by atoms with E-state index in [2.05, 4.69) is 10.8 Å². The Morgan fingerprint density at radius 2 is 1.62 bits per heavy atom. The summed E-state index contributed by atoms with van der Waals surface area (Å²) in [5, 5.41) is 9.53. The Balaban J connectivity index is 2.35. The van der Waals surface area contributed by atoms with Crippen molar-refractivity contribution in [3.8, 4) is 11.8 Å². The number of halogens is 3. The Kier molecular flexibility index (Phi) is 4.91. The summed E-state index contributed by atoms with van der Waals surface area (Å²) in [5.41, 5.74) is 1.57. The van der Waals surface area contributed by atoms with E-state index in [1.54, 1.807) is 24.3 Å². The van der Waals surface area contributed by atoms with Crippen LogP contribution in [-0.2, 0) is 0 Å². The molecular formula is C16H10ClF2NO. The van der Waals surface area contributed by atoms with E-state index in [-0.39, 0.29) is 10.8 Å². The second kappa shape index (κ2) is 6.87. The zero-order valence-corrected chi connectivity index (χ0v) is 11.5. The Morgan fingerprint density at radius 1 is 1.00 bits per heavy atom. The molecule has 0 saturated heterocycles. The molecule has 2 aromatic carbocycles. The molecule has 0 saturated carbocycles. The van der Waals surface area contributed by atoms with Crippen LogP contribution in [0.3, 0.4) is 0 Å². The van der Waals surface area contributed by atoms with Gasteiger partial charge in [0.05, 0.1) is 10.6 Å². The van der Waals surface area contributed by atoms with Crippen LogP contribution in [0.4, 0.5) is 8.78 Å². The number of hydrogen-bond acceptors (Lipinski definition) is 2. The molecule has 0 radical (unpaired) electrons. The number of benzene rings is 2. The van der Waals surface area contributed by atoms with Gasteiger partial charge in [-0.1, -0.05) is 41.9 Å². The summed E-state index contributed by atoms with van der Waals surface area (Å²) in [5.74, 6) is 0.0384. The van der Waals surface area contributed by atoms with Gasteiger partial charge in [0.15, 0.2) is 0 Å². The van der Waals surface area contributed by atoms with E-state index < -0.39 is 6.61 Å². The molecule has 0 spiro atoms. The molecule has 106 valence electrons. The SMILES string of the molecule is N#CC(=C(Cl)c1ccc(OC(F)F)cc1)c1ccccc1. The van der Waals surface area contributed by atoms with Gasteiger partial charge in [-0.25, -0.2) is 0 Å². The maximum Gasteiger partial charge on any atom is 0.387 e. The highest BCUT2D eigenvalue weighted by Gasteiger charge is 2.10. The minimum Gasteiger partial charge on any atom is -0.435 e. The average molecular weight is 306 g/mol. The summed E-state index contributed by atoms with van der Waals surface area (Å²) >= 11 is 6.23. The Hall–Kier alpha value is -2.38. The van der Waals surface area contributed by atoms with Crippen molar-refractivity contribution in [2.45, 2.75) is 6.61 Å². The van der Waals surface area contributed by atoms with Gasteiger partial charge in [0.25, 0.3) is 0 Å². The molecule has 0 aliphatic heterocycles. The molecule has 0 atom stereocenters. The molecule has 2 rings (SSSR count). The van der Waals surface area contributed by atoms with Gasteiger partial charge in [0.1, 0.15) is 11.8 Å². The van der Waals surface area contributed by atoms with Gasteiger partial charge in [-0.15, -0.1) is 0 Å². The number of allylic oxidation sites excluding steroid dienone is 1. The largest absolute Gasteiger partial charge is 0.435 e. The minimum atomic E-state index is -2.87. The van der Waals surface area contributed by atoms with Crippen molar-refractivity contribution in [1.29, 1.82) is 5.26 Å². The summed E-state index contributed by atoms with van der Waals surface area (Å²) < 4.78 is 28.4. The fourth-order valence-electron chi connectivity index (χ4n) is 1.77. The van der Waals surface area contributed by atoms with Crippen molar-refractivity contribution in [2.24, 2.45) is 0 Å². The molecular weight excluding hydrogens is 296 g/mol. The first kappa shape index (κ1) is 15.0. The lowest BCUT2D eigenvalue weighted by molar-refractivity contribution is -0.0498. The van der Waals surface area contributed by atoms with Crippen molar-refractivity contribution < 1.29 is 13.5 Å². The summed E-state index contributed by atoms with van der Waals surface area (Å²) in [7, 11) is 0. The lowest BCUT2D eigenvalue weighted by Gasteiger charge is -2.07. The van der Waals surface area contributed by atoms with Crippen LogP contribution >= 0.6 is 11.6 Å². The predicted molar refractivity (Wildman–Crippen MR) is 77.8 cm³/mol. The van der Waals surface area contributed by atoms with Crippen molar-refractivity contribution >= 4 is 22.2 Å². The molecule has 21 heavy (non-hydrogen) atoms. The van der Waals surface area contributed by atoms with Crippen LogP contribution < -0.4 is 4.74 Å². The van der Waals surface area contributed by atoms with Crippen LogP contribution in [0, 0.1) is 11.3 Å². The van der Waals surface area contributed by atoms with Gasteiger partial charge >= 0.3 is 6.61 Å². The third-order valence-electron chi connectivity index (χ3n) is 2.73. The van der Waals surface area contributed by atoms with Crippen LogP contribution in [-0.4, -0.2) is 6.61 Å². The summed E-state index contributed by atoms with van der Waals surface area (Å²) in [6, 6.07) is 16.9. The van der Waals surface area contributed by atoms with Gasteiger partial charge in [-0.05, 0) is 35.4 Å². The van der Waals surface area contributed by atoms with E-state index in [0.29, 0.717) is 16.7 Å². The number of nitriles is 1. The van der Waals surface area contributed by atoms with Gasteiger partial charge in [-0.2, -0.15) is 14.0 Å². The van der Waals surface area contributed by atoms with E-state index in [0.717, 1.165) is 0 Å². The third kappa shape index (κ3) is 3.80. The van der Waals surface area contributed by atoms with Gasteiger partial charge in [0.2, 0.25) is 0 Å². The van der Waals surface area contributed by atoms with Crippen molar-refractivity contribution in [2.75, 3.05) is 0 Å². The summed E-state index contributed by atoms with van der Waals surface area (Å²) in [4.78, 5) is 0.